The van der Waals surface area contributed by atoms with E-state index in [0.717, 1.165) is 41.0 Å². The van der Waals surface area contributed by atoms with Crippen LogP contribution in [0, 0.1) is 0 Å². The summed E-state index contributed by atoms with van der Waals surface area (Å²) in [6, 6.07) is 0. The van der Waals surface area contributed by atoms with Crippen molar-refractivity contribution in [3.8, 4) is 0 Å². The maximum atomic E-state index is 10.4. The minimum atomic E-state index is 0.557. The Morgan fingerprint density at radius 1 is 0.800 bits per heavy atom. The minimum Gasteiger partial charge on any atom is -0.322 e. The highest BCUT2D eigenvalue weighted by atomic mass is 16.1. The molecule has 15 heavy (non-hydrogen) atoms. The van der Waals surface area contributed by atoms with Crippen molar-refractivity contribution in [1.29, 1.82) is 0 Å². The molecule has 4 heteroatoms. The third-order valence-electron chi connectivity index (χ3n) is 2.66. The van der Waals surface area contributed by atoms with Crippen LogP contribution in [0.4, 0.5) is 0 Å². The molecule has 0 spiro atoms. The molecule has 0 saturated heterocycles. The first-order chi connectivity index (χ1) is 6.83. The van der Waals surface area contributed by atoms with E-state index in [4.69, 9.17) is 0 Å². The predicted octanol–water partition coefficient (Wildman–Crippen LogP) is -0.0729. The number of carbonyl (C=O) groups excluding carboxylic acids is 2. The highest BCUT2D eigenvalue weighted by molar-refractivity contribution is 5.50. The fourth-order valence-corrected chi connectivity index (χ4v) is 1.51. The van der Waals surface area contributed by atoms with E-state index in [9.17, 15) is 9.59 Å². The Hall–Kier alpha value is -0.740. The summed E-state index contributed by atoms with van der Waals surface area (Å²) in [5.74, 6) is 0. The number of quaternary nitrogens is 2. The molecule has 0 rings (SSSR count). The zero-order valence-corrected chi connectivity index (χ0v) is 10.4. The maximum Gasteiger partial charge on any atom is 0.174 e. The van der Waals surface area contributed by atoms with Gasteiger partial charge in [0.1, 0.15) is 13.1 Å². The van der Waals surface area contributed by atoms with Crippen molar-refractivity contribution in [2.24, 2.45) is 0 Å². The third kappa shape index (κ3) is 7.22. The van der Waals surface area contributed by atoms with Crippen molar-refractivity contribution >= 4 is 12.6 Å². The van der Waals surface area contributed by atoms with Crippen molar-refractivity contribution in [3.05, 3.63) is 0 Å². The second kappa shape index (κ2) is 5.98. The van der Waals surface area contributed by atoms with Crippen LogP contribution < -0.4 is 0 Å². The first-order valence-corrected chi connectivity index (χ1v) is 5.34. The van der Waals surface area contributed by atoms with E-state index in [1.54, 1.807) is 0 Å². The molecule has 4 nitrogen and oxygen atoms in total. The standard InChI is InChI=1S/C11H24N2O2/c1-12(2,8-10-14)6-5-7-13(3,4)9-11-15/h10-11H,5-9H2,1-4H3/q+2. The Labute approximate surface area is 92.7 Å². The Morgan fingerprint density at radius 2 is 1.13 bits per heavy atom. The molecular formula is C11H24N2O2+2. The molecule has 0 fully saturated rings. The number of likely N-dealkylation sites (N-methyl/N-ethyl adjacent to an activating group) is 2. The van der Waals surface area contributed by atoms with E-state index in [1.807, 2.05) is 28.2 Å². The van der Waals surface area contributed by atoms with Crippen LogP contribution in [0.2, 0.25) is 0 Å². The van der Waals surface area contributed by atoms with E-state index < -0.39 is 0 Å². The van der Waals surface area contributed by atoms with Gasteiger partial charge in [0, 0.05) is 6.42 Å². The van der Waals surface area contributed by atoms with Gasteiger partial charge in [-0.15, -0.1) is 0 Å². The first kappa shape index (κ1) is 14.3. The monoisotopic (exact) mass is 216 g/mol. The summed E-state index contributed by atoms with van der Waals surface area (Å²) in [7, 11) is 8.20. The molecule has 88 valence electrons. The Kier molecular flexibility index (Phi) is 5.68. The molecule has 0 N–H and O–H groups in total. The van der Waals surface area contributed by atoms with Gasteiger partial charge in [-0.3, -0.25) is 9.59 Å². The van der Waals surface area contributed by atoms with Crippen LogP contribution >= 0.6 is 0 Å². The van der Waals surface area contributed by atoms with E-state index in [0.29, 0.717) is 13.1 Å². The zero-order valence-electron chi connectivity index (χ0n) is 10.4. The predicted molar refractivity (Wildman–Crippen MR) is 60.4 cm³/mol. The summed E-state index contributed by atoms with van der Waals surface area (Å²) >= 11 is 0. The fourth-order valence-electron chi connectivity index (χ4n) is 1.51. The van der Waals surface area contributed by atoms with Crippen molar-refractivity contribution in [2.75, 3.05) is 54.4 Å². The molecule has 0 bridgehead atoms. The van der Waals surface area contributed by atoms with Gasteiger partial charge < -0.3 is 8.97 Å². The van der Waals surface area contributed by atoms with Crippen LogP contribution in [0.5, 0.6) is 0 Å². The van der Waals surface area contributed by atoms with Crippen LogP contribution in [-0.2, 0) is 9.59 Å². The molecule has 0 aliphatic rings. The smallest absolute Gasteiger partial charge is 0.174 e. The fraction of sp³-hybridized carbons (Fsp3) is 0.818. The number of nitrogens with zero attached hydrogens (tertiary/aromatic N) is 2. The van der Waals surface area contributed by atoms with Crippen LogP contribution in [-0.4, -0.2) is 75.9 Å². The van der Waals surface area contributed by atoms with Gasteiger partial charge in [0.2, 0.25) is 0 Å². The van der Waals surface area contributed by atoms with Crippen molar-refractivity contribution in [2.45, 2.75) is 6.42 Å². The Balaban J connectivity index is 3.87. The second-order valence-electron chi connectivity index (χ2n) is 5.37. The van der Waals surface area contributed by atoms with Crippen molar-refractivity contribution in [1.82, 2.24) is 0 Å². The SMILES string of the molecule is C[N+](C)(CC=O)CCC[N+](C)(C)CC=O. The average molecular weight is 216 g/mol. The van der Waals surface area contributed by atoms with Gasteiger partial charge in [0.15, 0.2) is 12.6 Å². The van der Waals surface area contributed by atoms with E-state index in [2.05, 4.69) is 0 Å². The summed E-state index contributed by atoms with van der Waals surface area (Å²) in [6.07, 6.45) is 2.96. The minimum absolute atomic E-state index is 0.557. The van der Waals surface area contributed by atoms with Gasteiger partial charge in [-0.1, -0.05) is 0 Å². The molecule has 0 aliphatic carbocycles. The largest absolute Gasteiger partial charge is 0.322 e. The number of carbonyl (C=O) groups is 2. The summed E-state index contributed by atoms with van der Waals surface area (Å²) < 4.78 is 1.45. The van der Waals surface area contributed by atoms with Gasteiger partial charge in [0.25, 0.3) is 0 Å². The van der Waals surface area contributed by atoms with E-state index >= 15 is 0 Å². The highest BCUT2D eigenvalue weighted by Crippen LogP contribution is 2.02. The molecule has 0 aromatic carbocycles. The van der Waals surface area contributed by atoms with Crippen LogP contribution in [0.1, 0.15) is 6.42 Å². The van der Waals surface area contributed by atoms with E-state index in [1.165, 1.54) is 0 Å². The molecule has 0 amide bonds. The van der Waals surface area contributed by atoms with Crippen molar-refractivity contribution in [3.63, 3.8) is 0 Å². The quantitative estimate of drug-likeness (QED) is 0.420. The summed E-state index contributed by atoms with van der Waals surface area (Å²) in [6.45, 7) is 3.06. The lowest BCUT2D eigenvalue weighted by atomic mass is 10.3. The van der Waals surface area contributed by atoms with Gasteiger partial charge in [0.05, 0.1) is 41.3 Å². The molecule has 0 aromatic heterocycles. The molecule has 0 atom stereocenters. The first-order valence-electron chi connectivity index (χ1n) is 5.34. The maximum absolute atomic E-state index is 10.4. The molecule has 0 saturated carbocycles. The molecular weight excluding hydrogens is 192 g/mol. The second-order valence-corrected chi connectivity index (χ2v) is 5.37. The molecule has 0 radical (unpaired) electrons. The normalized spacial score (nSPS) is 12.5. The summed E-state index contributed by atoms with van der Waals surface area (Å²) in [5, 5.41) is 0. The molecule has 0 unspecified atom stereocenters. The summed E-state index contributed by atoms with van der Waals surface area (Å²) in [4.78, 5) is 20.8. The van der Waals surface area contributed by atoms with E-state index in [-0.39, 0.29) is 0 Å². The highest BCUT2D eigenvalue weighted by Gasteiger charge is 2.18. The van der Waals surface area contributed by atoms with Gasteiger partial charge >= 0.3 is 0 Å². The van der Waals surface area contributed by atoms with Gasteiger partial charge in [-0.2, -0.15) is 0 Å². The lowest BCUT2D eigenvalue weighted by molar-refractivity contribution is -0.901. The molecule has 0 heterocycles. The van der Waals surface area contributed by atoms with Gasteiger partial charge in [-0.25, -0.2) is 0 Å². The number of hydrogen-bond acceptors (Lipinski definition) is 2. The van der Waals surface area contributed by atoms with Crippen LogP contribution in [0.15, 0.2) is 0 Å². The molecule has 0 aromatic rings. The Bertz CT molecular complexity index is 191. The lowest BCUT2D eigenvalue weighted by Gasteiger charge is -2.31. The molecule has 0 aliphatic heterocycles. The average Bonchev–Trinajstić information content (AvgIpc) is 2.02. The zero-order chi connectivity index (χ0) is 11.9. The van der Waals surface area contributed by atoms with Crippen molar-refractivity contribution < 1.29 is 18.6 Å². The Morgan fingerprint density at radius 3 is 1.40 bits per heavy atom. The topological polar surface area (TPSA) is 34.1 Å². The summed E-state index contributed by atoms with van der Waals surface area (Å²) in [5.41, 5.74) is 0. The van der Waals surface area contributed by atoms with Crippen LogP contribution in [0.25, 0.3) is 0 Å². The third-order valence-corrected chi connectivity index (χ3v) is 2.66. The van der Waals surface area contributed by atoms with Crippen LogP contribution in [0.3, 0.4) is 0 Å². The van der Waals surface area contributed by atoms with Gasteiger partial charge in [-0.05, 0) is 0 Å². The number of rotatable bonds is 8. The lowest BCUT2D eigenvalue weighted by Crippen LogP contribution is -2.46. The number of aldehydes is 2. The number of hydrogen-bond donors (Lipinski definition) is 0.